The summed E-state index contributed by atoms with van der Waals surface area (Å²) in [6.07, 6.45) is 0. The van der Waals surface area contributed by atoms with Crippen molar-refractivity contribution in [1.82, 2.24) is 9.71 Å². The topological polar surface area (TPSA) is 59.1 Å². The van der Waals surface area contributed by atoms with Crippen LogP contribution in [0.4, 0.5) is 0 Å². The van der Waals surface area contributed by atoms with E-state index in [1.807, 2.05) is 35.0 Å². The Labute approximate surface area is 164 Å². The highest BCUT2D eigenvalue weighted by molar-refractivity contribution is 9.10. The Morgan fingerprint density at radius 1 is 1.16 bits per heavy atom. The number of sulfonamides is 1. The van der Waals surface area contributed by atoms with Crippen molar-refractivity contribution in [1.29, 1.82) is 0 Å². The predicted molar refractivity (Wildman–Crippen MR) is 108 cm³/mol. The molecule has 132 valence electrons. The van der Waals surface area contributed by atoms with Gasteiger partial charge in [-0.3, -0.25) is 0 Å². The van der Waals surface area contributed by atoms with E-state index in [0.717, 1.165) is 26.3 Å². The van der Waals surface area contributed by atoms with Crippen LogP contribution >= 0.6 is 38.6 Å². The summed E-state index contributed by atoms with van der Waals surface area (Å²) in [4.78, 5) is 4.58. The van der Waals surface area contributed by atoms with Crippen LogP contribution in [0, 0.1) is 0 Å². The third kappa shape index (κ3) is 4.57. The van der Waals surface area contributed by atoms with E-state index >= 15 is 0 Å². The van der Waals surface area contributed by atoms with Gasteiger partial charge in [0.1, 0.15) is 9.22 Å². The molecule has 0 spiro atoms. The molecule has 0 aliphatic heterocycles. The molecule has 0 atom stereocenters. The first-order valence-electron chi connectivity index (χ1n) is 7.63. The molecule has 4 nitrogen and oxygen atoms in total. The molecule has 0 aliphatic rings. The van der Waals surface area contributed by atoms with E-state index in [4.69, 9.17) is 0 Å². The molecule has 1 aromatic carbocycles. The first-order chi connectivity index (χ1) is 11.8. The van der Waals surface area contributed by atoms with Crippen molar-refractivity contribution < 1.29 is 8.42 Å². The van der Waals surface area contributed by atoms with Crippen LogP contribution in [-0.4, -0.2) is 13.4 Å². The zero-order valence-electron chi connectivity index (χ0n) is 13.7. The average Bonchev–Trinajstić information content (AvgIpc) is 3.23. The van der Waals surface area contributed by atoms with Crippen molar-refractivity contribution in [3.63, 3.8) is 0 Å². The van der Waals surface area contributed by atoms with Crippen LogP contribution in [0.25, 0.3) is 10.6 Å². The van der Waals surface area contributed by atoms with Gasteiger partial charge in [0, 0.05) is 27.3 Å². The molecule has 0 saturated carbocycles. The number of nitrogens with one attached hydrogen (secondary N) is 1. The molecule has 0 saturated heterocycles. The SMILES string of the molecule is CC(C)c1csc(-c2csc(S(=O)(=O)NCc3ccc(Br)cc3)c2)n1. The second-order valence-corrected chi connectivity index (χ2v) is 10.5. The molecule has 1 N–H and O–H groups in total. The Kier molecular flexibility index (Phi) is 5.75. The number of hydrogen-bond acceptors (Lipinski definition) is 5. The maximum absolute atomic E-state index is 12.5. The van der Waals surface area contributed by atoms with E-state index < -0.39 is 10.0 Å². The van der Waals surface area contributed by atoms with Crippen LogP contribution in [0.3, 0.4) is 0 Å². The molecule has 3 aromatic rings. The standard InChI is InChI=1S/C17H17BrN2O2S3/c1-11(2)15-10-24-17(20-15)13-7-16(23-9-13)25(21,22)19-8-12-3-5-14(18)6-4-12/h3-7,9-11,19H,8H2,1-2H3. The minimum Gasteiger partial charge on any atom is -0.241 e. The largest absolute Gasteiger partial charge is 0.250 e. The van der Waals surface area contributed by atoms with Gasteiger partial charge < -0.3 is 0 Å². The van der Waals surface area contributed by atoms with E-state index in [-0.39, 0.29) is 6.54 Å². The van der Waals surface area contributed by atoms with Crippen molar-refractivity contribution >= 4 is 48.6 Å². The molecule has 25 heavy (non-hydrogen) atoms. The molecule has 0 fully saturated rings. The van der Waals surface area contributed by atoms with Crippen molar-refractivity contribution in [2.24, 2.45) is 0 Å². The maximum Gasteiger partial charge on any atom is 0.250 e. The normalized spacial score (nSPS) is 12.0. The second-order valence-electron chi connectivity index (χ2n) is 5.84. The number of thiophene rings is 1. The van der Waals surface area contributed by atoms with Crippen LogP contribution in [0.15, 0.2) is 49.8 Å². The van der Waals surface area contributed by atoms with Gasteiger partial charge in [-0.2, -0.15) is 0 Å². The van der Waals surface area contributed by atoms with Crippen molar-refractivity contribution in [3.05, 3.63) is 56.8 Å². The van der Waals surface area contributed by atoms with Gasteiger partial charge in [-0.1, -0.05) is 41.9 Å². The molecule has 0 bridgehead atoms. The Balaban J connectivity index is 1.74. The summed E-state index contributed by atoms with van der Waals surface area (Å²) in [5, 5.41) is 4.73. The summed E-state index contributed by atoms with van der Waals surface area (Å²) >= 11 is 6.12. The fourth-order valence-electron chi connectivity index (χ4n) is 2.11. The van der Waals surface area contributed by atoms with Crippen LogP contribution in [-0.2, 0) is 16.6 Å². The summed E-state index contributed by atoms with van der Waals surface area (Å²) in [7, 11) is -3.53. The highest BCUT2D eigenvalue weighted by atomic mass is 79.9. The smallest absolute Gasteiger partial charge is 0.241 e. The van der Waals surface area contributed by atoms with Gasteiger partial charge >= 0.3 is 0 Å². The molecule has 0 aliphatic carbocycles. The number of nitrogens with zero attached hydrogens (tertiary/aromatic N) is 1. The molecule has 8 heteroatoms. The van der Waals surface area contributed by atoms with Crippen molar-refractivity contribution in [2.75, 3.05) is 0 Å². The van der Waals surface area contributed by atoms with E-state index in [1.165, 1.54) is 11.3 Å². The Hall–Kier alpha value is -1.06. The van der Waals surface area contributed by atoms with Crippen molar-refractivity contribution in [2.45, 2.75) is 30.5 Å². The number of halogens is 1. The van der Waals surface area contributed by atoms with E-state index in [1.54, 1.807) is 17.4 Å². The van der Waals surface area contributed by atoms with Gasteiger partial charge in [0.2, 0.25) is 10.0 Å². The van der Waals surface area contributed by atoms with Crippen LogP contribution in [0.2, 0.25) is 0 Å². The number of hydrogen-bond donors (Lipinski definition) is 1. The molecule has 0 amide bonds. The third-order valence-corrected chi connectivity index (χ3v) is 7.86. The van der Waals surface area contributed by atoms with Gasteiger partial charge in [0.25, 0.3) is 0 Å². The van der Waals surface area contributed by atoms with E-state index in [0.29, 0.717) is 10.1 Å². The lowest BCUT2D eigenvalue weighted by molar-refractivity contribution is 0.583. The predicted octanol–water partition coefficient (Wildman–Crippen LogP) is 5.24. The zero-order valence-corrected chi connectivity index (χ0v) is 17.7. The monoisotopic (exact) mass is 456 g/mol. The van der Waals surface area contributed by atoms with Gasteiger partial charge in [0.15, 0.2) is 0 Å². The third-order valence-electron chi connectivity index (χ3n) is 3.58. The lowest BCUT2D eigenvalue weighted by atomic mass is 10.2. The molecular formula is C17H17BrN2O2S3. The Morgan fingerprint density at radius 2 is 1.88 bits per heavy atom. The summed E-state index contributed by atoms with van der Waals surface area (Å²) in [6.45, 7) is 4.44. The zero-order chi connectivity index (χ0) is 18.0. The van der Waals surface area contributed by atoms with Gasteiger partial charge in [-0.15, -0.1) is 22.7 Å². The molecule has 2 aromatic heterocycles. The van der Waals surface area contributed by atoms with E-state index in [2.05, 4.69) is 39.5 Å². The maximum atomic E-state index is 12.5. The lowest BCUT2D eigenvalue weighted by Crippen LogP contribution is -2.22. The first kappa shape index (κ1) is 18.7. The van der Waals surface area contributed by atoms with Crippen molar-refractivity contribution in [3.8, 4) is 10.6 Å². The Bertz CT molecular complexity index is 960. The number of aromatic nitrogens is 1. The average molecular weight is 457 g/mol. The van der Waals surface area contributed by atoms with E-state index in [9.17, 15) is 8.42 Å². The van der Waals surface area contributed by atoms with Crippen LogP contribution in [0.5, 0.6) is 0 Å². The van der Waals surface area contributed by atoms with Gasteiger partial charge in [-0.05, 0) is 29.7 Å². The molecule has 2 heterocycles. The van der Waals surface area contributed by atoms with Gasteiger partial charge in [-0.25, -0.2) is 18.1 Å². The summed E-state index contributed by atoms with van der Waals surface area (Å²) in [5.74, 6) is 0.361. The first-order valence-corrected chi connectivity index (χ1v) is 11.7. The number of benzene rings is 1. The number of rotatable bonds is 6. The lowest BCUT2D eigenvalue weighted by Gasteiger charge is -2.05. The fourth-order valence-corrected chi connectivity index (χ4v) is 5.64. The Morgan fingerprint density at radius 3 is 2.52 bits per heavy atom. The molecular weight excluding hydrogens is 440 g/mol. The summed E-state index contributed by atoms with van der Waals surface area (Å²) in [5.41, 5.74) is 2.79. The van der Waals surface area contributed by atoms with Gasteiger partial charge in [0.05, 0.1) is 5.69 Å². The molecule has 0 radical (unpaired) electrons. The second kappa shape index (κ2) is 7.67. The summed E-state index contributed by atoms with van der Waals surface area (Å²) in [6, 6.07) is 9.24. The molecule has 3 rings (SSSR count). The fraction of sp³-hybridized carbons (Fsp3) is 0.235. The number of thiazole rings is 1. The highest BCUT2D eigenvalue weighted by Crippen LogP contribution is 2.32. The molecule has 0 unspecified atom stereocenters. The minimum atomic E-state index is -3.53. The van der Waals surface area contributed by atoms with Crippen LogP contribution < -0.4 is 4.72 Å². The van der Waals surface area contributed by atoms with Crippen LogP contribution in [0.1, 0.15) is 31.0 Å². The minimum absolute atomic E-state index is 0.262. The summed E-state index contributed by atoms with van der Waals surface area (Å²) < 4.78 is 28.9. The quantitative estimate of drug-likeness (QED) is 0.551. The highest BCUT2D eigenvalue weighted by Gasteiger charge is 2.18.